The smallest absolute Gasteiger partial charge is 0.186 e. The summed E-state index contributed by atoms with van der Waals surface area (Å²) >= 11 is 0. The van der Waals surface area contributed by atoms with E-state index in [1.54, 1.807) is 7.11 Å². The molecule has 7 heteroatoms. The Hall–Kier alpha value is -2.62. The predicted octanol–water partition coefficient (Wildman–Crippen LogP) is 3.88. The Morgan fingerprint density at radius 2 is 1.32 bits per heavy atom. The van der Waals surface area contributed by atoms with Gasteiger partial charge < -0.3 is 33.5 Å². The molecule has 0 radical (unpaired) electrons. The lowest BCUT2D eigenvalue weighted by Gasteiger charge is -2.51. The molecule has 2 aliphatic heterocycles. The minimum absolute atomic E-state index is 0.270. The van der Waals surface area contributed by atoms with Crippen molar-refractivity contribution >= 4 is 0 Å². The van der Waals surface area contributed by atoms with Gasteiger partial charge in [-0.1, -0.05) is 91.0 Å². The van der Waals surface area contributed by atoms with Crippen LogP contribution in [0.15, 0.2) is 91.0 Å². The predicted molar refractivity (Wildman–Crippen MR) is 136 cm³/mol. The molecule has 0 unspecified atom stereocenters. The summed E-state index contributed by atoms with van der Waals surface area (Å²) in [6.45, 7) is 1.02. The van der Waals surface area contributed by atoms with Crippen LogP contribution in [0.5, 0.6) is 0 Å². The third-order valence-corrected chi connectivity index (χ3v) is 7.02. The molecule has 37 heavy (non-hydrogen) atoms. The molecule has 196 valence electrons. The van der Waals surface area contributed by atoms with Gasteiger partial charge in [-0.2, -0.15) is 0 Å². The normalized spacial score (nSPS) is 29.2. The second kappa shape index (κ2) is 12.3. The number of aliphatic hydroxyl groups excluding tert-OH is 1. The number of rotatable bonds is 11. The SMILES string of the molecule is CO[C@H]1O[C@H](CO)[C@@H](OCc2ccccc2)[C@@]2(OCc3ccccc3)[C@@H](OCc3ccccc3)CO[C@@H]12. The highest BCUT2D eigenvalue weighted by atomic mass is 16.7. The van der Waals surface area contributed by atoms with Gasteiger partial charge >= 0.3 is 0 Å². The van der Waals surface area contributed by atoms with E-state index in [9.17, 15) is 5.11 Å². The van der Waals surface area contributed by atoms with E-state index in [1.165, 1.54) is 0 Å². The standard InChI is InChI=1S/C30H34O7/c1-32-29-28-30(36-20-24-15-9-4-10-16-24,26(21-35-28)33-18-22-11-5-2-6-12-22)27(25(17-31)37-29)34-19-23-13-7-3-8-14-23/h2-16,25-29,31H,17-21H2,1H3/t25-,26+,27-,28+,29+,30+/m1/s1. The van der Waals surface area contributed by atoms with E-state index in [1.807, 2.05) is 91.0 Å². The highest BCUT2D eigenvalue weighted by molar-refractivity contribution is 5.19. The molecule has 0 aromatic heterocycles. The molecule has 0 spiro atoms. The summed E-state index contributed by atoms with van der Waals surface area (Å²) in [4.78, 5) is 0. The number of hydrogen-bond donors (Lipinski definition) is 1. The molecule has 7 nitrogen and oxygen atoms in total. The minimum atomic E-state index is -1.09. The number of fused-ring (bicyclic) bond motifs is 1. The van der Waals surface area contributed by atoms with Crippen LogP contribution in [0.2, 0.25) is 0 Å². The van der Waals surface area contributed by atoms with Crippen molar-refractivity contribution in [3.8, 4) is 0 Å². The molecule has 2 aliphatic rings. The summed E-state index contributed by atoms with van der Waals surface area (Å²) in [5.74, 6) is 0. The Bertz CT molecular complexity index is 1080. The lowest BCUT2D eigenvalue weighted by atomic mass is 9.80. The highest BCUT2D eigenvalue weighted by Gasteiger charge is 2.67. The Balaban J connectivity index is 1.49. The van der Waals surface area contributed by atoms with Crippen LogP contribution in [0.4, 0.5) is 0 Å². The van der Waals surface area contributed by atoms with E-state index in [-0.39, 0.29) is 13.2 Å². The molecule has 3 aromatic rings. The quantitative estimate of drug-likeness (QED) is 0.423. The van der Waals surface area contributed by atoms with Crippen LogP contribution in [-0.2, 0) is 48.2 Å². The number of methoxy groups -OCH3 is 1. The van der Waals surface area contributed by atoms with Gasteiger partial charge in [-0.05, 0) is 16.7 Å². The summed E-state index contributed by atoms with van der Waals surface area (Å²) in [6.07, 6.45) is -3.25. The van der Waals surface area contributed by atoms with Crippen molar-refractivity contribution in [2.75, 3.05) is 20.3 Å². The molecule has 3 aromatic carbocycles. The van der Waals surface area contributed by atoms with E-state index >= 15 is 0 Å². The molecule has 0 bridgehead atoms. The van der Waals surface area contributed by atoms with E-state index in [0.717, 1.165) is 16.7 Å². The van der Waals surface area contributed by atoms with Crippen molar-refractivity contribution in [1.29, 1.82) is 0 Å². The van der Waals surface area contributed by atoms with Crippen LogP contribution >= 0.6 is 0 Å². The minimum Gasteiger partial charge on any atom is -0.394 e. The van der Waals surface area contributed by atoms with Gasteiger partial charge in [0.1, 0.15) is 24.4 Å². The third kappa shape index (κ3) is 5.63. The van der Waals surface area contributed by atoms with Gasteiger partial charge in [-0.15, -0.1) is 0 Å². The monoisotopic (exact) mass is 506 g/mol. The van der Waals surface area contributed by atoms with Gasteiger partial charge in [-0.3, -0.25) is 0 Å². The van der Waals surface area contributed by atoms with Crippen molar-refractivity contribution in [3.05, 3.63) is 108 Å². The fraction of sp³-hybridized carbons (Fsp3) is 0.400. The lowest BCUT2D eigenvalue weighted by molar-refractivity contribution is -0.344. The first-order chi connectivity index (χ1) is 18.2. The van der Waals surface area contributed by atoms with Gasteiger partial charge in [0.2, 0.25) is 0 Å². The molecule has 2 fully saturated rings. The lowest BCUT2D eigenvalue weighted by Crippen LogP contribution is -2.71. The largest absolute Gasteiger partial charge is 0.394 e. The van der Waals surface area contributed by atoms with Gasteiger partial charge in [0.15, 0.2) is 11.9 Å². The summed E-state index contributed by atoms with van der Waals surface area (Å²) in [6, 6.07) is 29.8. The number of benzene rings is 3. The maximum atomic E-state index is 10.4. The first-order valence-corrected chi connectivity index (χ1v) is 12.6. The van der Waals surface area contributed by atoms with Crippen molar-refractivity contribution in [2.24, 2.45) is 0 Å². The molecule has 6 atom stereocenters. The van der Waals surface area contributed by atoms with Crippen molar-refractivity contribution < 1.29 is 33.5 Å². The first kappa shape index (κ1) is 26.0. The van der Waals surface area contributed by atoms with Gasteiger partial charge in [0.25, 0.3) is 0 Å². The Labute approximate surface area is 217 Å². The van der Waals surface area contributed by atoms with E-state index < -0.39 is 36.3 Å². The van der Waals surface area contributed by atoms with E-state index in [2.05, 4.69) is 0 Å². The molecular weight excluding hydrogens is 472 g/mol. The van der Waals surface area contributed by atoms with Crippen molar-refractivity contribution in [2.45, 2.75) is 56.1 Å². The zero-order chi connectivity index (χ0) is 25.5. The average Bonchev–Trinajstić information content (AvgIpc) is 3.34. The first-order valence-electron chi connectivity index (χ1n) is 12.6. The fourth-order valence-corrected chi connectivity index (χ4v) is 5.18. The molecule has 5 rings (SSSR count). The third-order valence-electron chi connectivity index (χ3n) is 7.02. The van der Waals surface area contributed by atoms with Gasteiger partial charge in [0.05, 0.1) is 33.0 Å². The Morgan fingerprint density at radius 3 is 1.86 bits per heavy atom. The Morgan fingerprint density at radius 1 is 0.784 bits per heavy atom. The summed E-state index contributed by atoms with van der Waals surface area (Å²) in [5, 5.41) is 10.4. The van der Waals surface area contributed by atoms with E-state index in [0.29, 0.717) is 19.8 Å². The molecule has 0 amide bonds. The maximum absolute atomic E-state index is 10.4. The zero-order valence-corrected chi connectivity index (χ0v) is 21.0. The van der Waals surface area contributed by atoms with Gasteiger partial charge in [0, 0.05) is 7.11 Å². The summed E-state index contributed by atoms with van der Waals surface area (Å²) in [7, 11) is 1.56. The molecular formula is C30H34O7. The fourth-order valence-electron chi connectivity index (χ4n) is 5.18. The van der Waals surface area contributed by atoms with Crippen molar-refractivity contribution in [1.82, 2.24) is 0 Å². The zero-order valence-electron chi connectivity index (χ0n) is 21.0. The molecule has 2 heterocycles. The van der Waals surface area contributed by atoms with Gasteiger partial charge in [-0.25, -0.2) is 0 Å². The van der Waals surface area contributed by atoms with Crippen LogP contribution in [0.25, 0.3) is 0 Å². The second-order valence-electron chi connectivity index (χ2n) is 9.35. The van der Waals surface area contributed by atoms with Crippen LogP contribution in [0.3, 0.4) is 0 Å². The maximum Gasteiger partial charge on any atom is 0.186 e. The van der Waals surface area contributed by atoms with Crippen LogP contribution in [0, 0.1) is 0 Å². The highest BCUT2D eigenvalue weighted by Crippen LogP contribution is 2.46. The second-order valence-corrected chi connectivity index (χ2v) is 9.35. The molecule has 0 aliphatic carbocycles. The van der Waals surface area contributed by atoms with Crippen LogP contribution in [0.1, 0.15) is 16.7 Å². The van der Waals surface area contributed by atoms with Crippen LogP contribution < -0.4 is 0 Å². The van der Waals surface area contributed by atoms with E-state index in [4.69, 9.17) is 28.4 Å². The topological polar surface area (TPSA) is 75.6 Å². The Kier molecular flexibility index (Phi) is 8.63. The van der Waals surface area contributed by atoms with Crippen molar-refractivity contribution in [3.63, 3.8) is 0 Å². The molecule has 1 N–H and O–H groups in total. The molecule has 0 saturated carbocycles. The number of hydrogen-bond acceptors (Lipinski definition) is 7. The summed E-state index contributed by atoms with van der Waals surface area (Å²) < 4.78 is 37.9. The summed E-state index contributed by atoms with van der Waals surface area (Å²) in [5.41, 5.74) is 1.96. The number of aliphatic hydroxyl groups is 1. The molecule has 2 saturated heterocycles. The average molecular weight is 507 g/mol. The van der Waals surface area contributed by atoms with Crippen LogP contribution in [-0.4, -0.2) is 61.7 Å². The number of ether oxygens (including phenoxy) is 6.